The lowest BCUT2D eigenvalue weighted by atomic mass is 10.1. The minimum Gasteiger partial charge on any atom is -0.356 e. The number of hydrogen-bond acceptors (Lipinski definition) is 5. The molecule has 178 valence electrons. The third-order valence-corrected chi connectivity index (χ3v) is 7.72. The van der Waals surface area contributed by atoms with E-state index in [0.29, 0.717) is 24.3 Å². The molecule has 0 bridgehead atoms. The zero-order chi connectivity index (χ0) is 24.3. The Morgan fingerprint density at radius 1 is 1.03 bits per heavy atom. The molecule has 34 heavy (non-hydrogen) atoms. The van der Waals surface area contributed by atoms with Crippen molar-refractivity contribution in [2.24, 2.45) is 7.05 Å². The molecule has 2 amide bonds. The van der Waals surface area contributed by atoms with E-state index in [1.54, 1.807) is 77.7 Å². The highest BCUT2D eigenvalue weighted by Gasteiger charge is 2.31. The van der Waals surface area contributed by atoms with Gasteiger partial charge in [0.2, 0.25) is 15.9 Å². The number of sulfonamides is 1. The molecule has 1 saturated heterocycles. The second-order valence-corrected chi connectivity index (χ2v) is 10.3. The van der Waals surface area contributed by atoms with Crippen LogP contribution in [0.5, 0.6) is 0 Å². The van der Waals surface area contributed by atoms with E-state index in [1.165, 1.54) is 4.31 Å². The molecule has 1 fully saturated rings. The van der Waals surface area contributed by atoms with Gasteiger partial charge < -0.3 is 14.8 Å². The van der Waals surface area contributed by atoms with Gasteiger partial charge in [0, 0.05) is 69.3 Å². The Bertz CT molecular complexity index is 1300. The number of rotatable bonds is 6. The summed E-state index contributed by atoms with van der Waals surface area (Å²) in [6.45, 7) is 2.91. The fourth-order valence-corrected chi connectivity index (χ4v) is 5.34. The number of benzene rings is 1. The molecule has 9 nitrogen and oxygen atoms in total. The fraction of sp³-hybridized carbons (Fsp3) is 0.292. The van der Waals surface area contributed by atoms with Gasteiger partial charge in [-0.05, 0) is 48.4 Å². The summed E-state index contributed by atoms with van der Waals surface area (Å²) in [5, 5.41) is 2.88. The van der Waals surface area contributed by atoms with Gasteiger partial charge in [0.05, 0.1) is 11.3 Å². The van der Waals surface area contributed by atoms with Crippen molar-refractivity contribution < 1.29 is 18.0 Å². The lowest BCUT2D eigenvalue weighted by Crippen LogP contribution is -2.50. The first-order valence-corrected chi connectivity index (χ1v) is 12.4. The number of nitrogens with zero attached hydrogens (tertiary/aromatic N) is 4. The summed E-state index contributed by atoms with van der Waals surface area (Å²) in [6.07, 6.45) is 6.75. The van der Waals surface area contributed by atoms with Gasteiger partial charge in [-0.15, -0.1) is 0 Å². The second kappa shape index (κ2) is 9.78. The van der Waals surface area contributed by atoms with Crippen molar-refractivity contribution in [2.45, 2.75) is 18.2 Å². The number of nitrogens with one attached hydrogen (secondary N) is 1. The molecule has 0 spiro atoms. The van der Waals surface area contributed by atoms with Crippen LogP contribution in [-0.4, -0.2) is 65.2 Å². The molecule has 0 aliphatic carbocycles. The smallest absolute Gasteiger partial charge is 0.254 e. The van der Waals surface area contributed by atoms with Gasteiger partial charge in [0.25, 0.3) is 5.91 Å². The lowest BCUT2D eigenvalue weighted by Gasteiger charge is -2.34. The summed E-state index contributed by atoms with van der Waals surface area (Å²) in [6, 6.07) is 10.3. The van der Waals surface area contributed by atoms with E-state index in [9.17, 15) is 18.0 Å². The van der Waals surface area contributed by atoms with Crippen molar-refractivity contribution in [3.05, 3.63) is 77.9 Å². The zero-order valence-corrected chi connectivity index (χ0v) is 20.0. The first kappa shape index (κ1) is 23.7. The maximum Gasteiger partial charge on any atom is 0.254 e. The number of piperazine rings is 1. The van der Waals surface area contributed by atoms with E-state index < -0.39 is 10.0 Å². The average molecular weight is 482 g/mol. The van der Waals surface area contributed by atoms with Crippen molar-refractivity contribution in [1.82, 2.24) is 18.8 Å². The minimum absolute atomic E-state index is 0.182. The quantitative estimate of drug-likeness (QED) is 0.580. The van der Waals surface area contributed by atoms with Gasteiger partial charge in [0.15, 0.2) is 0 Å². The van der Waals surface area contributed by atoms with Gasteiger partial charge in [-0.25, -0.2) is 8.42 Å². The summed E-state index contributed by atoms with van der Waals surface area (Å²) in [4.78, 5) is 31.4. The van der Waals surface area contributed by atoms with Crippen molar-refractivity contribution >= 4 is 27.5 Å². The predicted octanol–water partition coefficient (Wildman–Crippen LogP) is 2.06. The molecular weight excluding hydrogens is 454 g/mol. The summed E-state index contributed by atoms with van der Waals surface area (Å²) in [7, 11) is -1.81. The highest BCUT2D eigenvalue weighted by molar-refractivity contribution is 7.89. The molecule has 1 N–H and O–H groups in total. The van der Waals surface area contributed by atoms with Crippen LogP contribution in [0, 0.1) is 6.92 Å². The number of amides is 2. The molecule has 4 rings (SSSR count). The molecule has 2 aromatic heterocycles. The maximum atomic E-state index is 13.1. The SMILES string of the molecule is Cc1ccc(C(=O)N2CCN(S(=O)(=O)c3ccn(C)c3)CC2)cc1NC(=O)Cc1ccncc1. The molecule has 10 heteroatoms. The van der Waals surface area contributed by atoms with Crippen LogP contribution in [-0.2, 0) is 28.3 Å². The number of aryl methyl sites for hydroxylation is 2. The molecule has 0 atom stereocenters. The number of carbonyl (C=O) groups is 2. The number of pyridine rings is 1. The van der Waals surface area contributed by atoms with Crippen LogP contribution in [0.25, 0.3) is 0 Å². The molecule has 0 unspecified atom stereocenters. The molecule has 3 heterocycles. The maximum absolute atomic E-state index is 13.1. The molecule has 1 aliphatic heterocycles. The topological polar surface area (TPSA) is 105 Å². The van der Waals surface area contributed by atoms with Gasteiger partial charge in [-0.3, -0.25) is 14.6 Å². The van der Waals surface area contributed by atoms with Crippen LogP contribution >= 0.6 is 0 Å². The summed E-state index contributed by atoms with van der Waals surface area (Å²) in [5.41, 5.74) is 2.72. The highest BCUT2D eigenvalue weighted by Crippen LogP contribution is 2.21. The standard InChI is InChI=1S/C24H27N5O4S/c1-18-3-4-20(16-22(18)26-23(30)15-19-5-8-25-9-6-19)24(31)28-11-13-29(14-12-28)34(32,33)21-7-10-27(2)17-21/h3-10,16-17H,11-15H2,1-2H3,(H,26,30). The Morgan fingerprint density at radius 3 is 2.38 bits per heavy atom. The third-order valence-electron chi connectivity index (χ3n) is 5.84. The first-order valence-electron chi connectivity index (χ1n) is 10.9. The summed E-state index contributed by atoms with van der Waals surface area (Å²) >= 11 is 0. The zero-order valence-electron chi connectivity index (χ0n) is 19.1. The highest BCUT2D eigenvalue weighted by atomic mass is 32.2. The Balaban J connectivity index is 1.40. The van der Waals surface area contributed by atoms with E-state index in [2.05, 4.69) is 10.3 Å². The first-order chi connectivity index (χ1) is 16.2. The number of aromatic nitrogens is 2. The average Bonchev–Trinajstić information content (AvgIpc) is 3.28. The molecule has 3 aromatic rings. The number of carbonyl (C=O) groups excluding carboxylic acids is 2. The van der Waals surface area contributed by atoms with E-state index in [4.69, 9.17) is 0 Å². The van der Waals surface area contributed by atoms with Gasteiger partial charge >= 0.3 is 0 Å². The van der Waals surface area contributed by atoms with E-state index in [0.717, 1.165) is 11.1 Å². The Morgan fingerprint density at radius 2 is 1.74 bits per heavy atom. The Hall–Kier alpha value is -3.50. The van der Waals surface area contributed by atoms with Crippen molar-refractivity contribution in [1.29, 1.82) is 0 Å². The van der Waals surface area contributed by atoms with Gasteiger partial charge in [0.1, 0.15) is 0 Å². The van der Waals surface area contributed by atoms with Crippen LogP contribution in [0.3, 0.4) is 0 Å². The monoisotopic (exact) mass is 481 g/mol. The van der Waals surface area contributed by atoms with E-state index >= 15 is 0 Å². The minimum atomic E-state index is -3.58. The van der Waals surface area contributed by atoms with Crippen molar-refractivity contribution in [2.75, 3.05) is 31.5 Å². The molecule has 1 aliphatic rings. The Kier molecular flexibility index (Phi) is 6.80. The molecular formula is C24H27N5O4S. The van der Waals surface area contributed by atoms with Gasteiger partial charge in [-0.1, -0.05) is 6.07 Å². The van der Waals surface area contributed by atoms with Gasteiger partial charge in [-0.2, -0.15) is 4.31 Å². The van der Waals surface area contributed by atoms with Crippen LogP contribution in [0.2, 0.25) is 0 Å². The van der Waals surface area contributed by atoms with Crippen LogP contribution in [0.15, 0.2) is 66.1 Å². The van der Waals surface area contributed by atoms with Crippen LogP contribution in [0.1, 0.15) is 21.5 Å². The van der Waals surface area contributed by atoms with E-state index in [-0.39, 0.29) is 36.2 Å². The summed E-state index contributed by atoms with van der Waals surface area (Å²) in [5.74, 6) is -0.375. The van der Waals surface area contributed by atoms with Crippen LogP contribution in [0.4, 0.5) is 5.69 Å². The second-order valence-electron chi connectivity index (χ2n) is 8.32. The van der Waals surface area contributed by atoms with Crippen LogP contribution < -0.4 is 5.32 Å². The normalized spacial score (nSPS) is 14.7. The largest absolute Gasteiger partial charge is 0.356 e. The molecule has 0 radical (unpaired) electrons. The number of anilines is 1. The molecule has 1 aromatic carbocycles. The molecule has 0 saturated carbocycles. The van der Waals surface area contributed by atoms with Crippen molar-refractivity contribution in [3.63, 3.8) is 0 Å². The Labute approximate surface area is 199 Å². The number of hydrogen-bond donors (Lipinski definition) is 1. The predicted molar refractivity (Wildman–Crippen MR) is 128 cm³/mol. The van der Waals surface area contributed by atoms with E-state index in [1.807, 2.05) is 6.92 Å². The third kappa shape index (κ3) is 5.18. The van der Waals surface area contributed by atoms with Crippen molar-refractivity contribution in [3.8, 4) is 0 Å². The summed E-state index contributed by atoms with van der Waals surface area (Å²) < 4.78 is 28.8. The fourth-order valence-electron chi connectivity index (χ4n) is 3.86. The lowest BCUT2D eigenvalue weighted by molar-refractivity contribution is -0.115.